The molecule has 10 aromatic rings. The zero-order chi connectivity index (χ0) is 34.8. The molecule has 0 amide bonds. The molecule has 0 N–H and O–H groups in total. The number of nitrogens with zero attached hydrogens (tertiary/aromatic N) is 2. The molecule has 0 radical (unpaired) electrons. The van der Waals surface area contributed by atoms with E-state index in [1.54, 1.807) is 0 Å². The van der Waals surface area contributed by atoms with E-state index >= 15 is 0 Å². The van der Waals surface area contributed by atoms with Gasteiger partial charge in [-0.2, -0.15) is 0 Å². The zero-order valence-corrected chi connectivity index (χ0v) is 30.5. The quantitative estimate of drug-likeness (QED) is 0.170. The maximum Gasteiger partial charge on any atom is 0.0476 e. The first-order valence-electron chi connectivity index (χ1n) is 17.7. The highest BCUT2D eigenvalue weighted by Crippen LogP contribution is 2.48. The summed E-state index contributed by atoms with van der Waals surface area (Å²) in [6, 6.07) is 62.2. The minimum Gasteiger partial charge on any atom is -0.310 e. The lowest BCUT2D eigenvalue weighted by Crippen LogP contribution is -2.09. The number of aryl methyl sites for hydroxylation is 2. The summed E-state index contributed by atoms with van der Waals surface area (Å²) in [5, 5.41) is 7.96. The Labute approximate surface area is 311 Å². The van der Waals surface area contributed by atoms with Gasteiger partial charge in [0.15, 0.2) is 0 Å². The maximum atomic E-state index is 2.38. The predicted molar refractivity (Wildman–Crippen MR) is 229 cm³/mol. The first-order valence-corrected chi connectivity index (χ1v) is 19.3. The van der Waals surface area contributed by atoms with Crippen molar-refractivity contribution in [2.75, 3.05) is 9.80 Å². The molecule has 0 unspecified atom stereocenters. The van der Waals surface area contributed by atoms with Gasteiger partial charge in [0.05, 0.1) is 0 Å². The van der Waals surface area contributed by atoms with Crippen molar-refractivity contribution in [2.24, 2.45) is 0 Å². The van der Waals surface area contributed by atoms with Crippen molar-refractivity contribution in [1.82, 2.24) is 0 Å². The third-order valence-electron chi connectivity index (χ3n) is 10.1. The molecule has 10 rings (SSSR count). The molecule has 0 bridgehead atoms. The molecule has 0 saturated carbocycles. The smallest absolute Gasteiger partial charge is 0.0476 e. The minimum absolute atomic E-state index is 1.15. The van der Waals surface area contributed by atoms with Crippen molar-refractivity contribution in [2.45, 2.75) is 13.8 Å². The molecular formula is C48H34N2S2. The summed E-state index contributed by atoms with van der Waals surface area (Å²) in [4.78, 5) is 4.74. The lowest BCUT2D eigenvalue weighted by molar-refractivity contribution is 1.28. The van der Waals surface area contributed by atoms with Gasteiger partial charge in [-0.1, -0.05) is 84.9 Å². The van der Waals surface area contributed by atoms with Crippen LogP contribution < -0.4 is 9.80 Å². The Hall–Kier alpha value is -5.94. The van der Waals surface area contributed by atoms with Crippen LogP contribution >= 0.6 is 22.7 Å². The van der Waals surface area contributed by atoms with E-state index in [0.29, 0.717) is 0 Å². The standard InChI is InChI=1S/C48H34N2S2/c1-31-11-9-17-36(27-31)49(34-13-5-3-6-14-34)38-21-23-40-44(29-38)51-42-25-19-33-20-26-43-48(46(33)47(40)42)41-24-22-39(30-45(41)52-43)50(35-15-7-4-8-16-35)37-18-10-12-32(2)28-37/h3-30H,1-2H3. The summed E-state index contributed by atoms with van der Waals surface area (Å²) in [5.41, 5.74) is 9.44. The largest absolute Gasteiger partial charge is 0.310 e. The summed E-state index contributed by atoms with van der Waals surface area (Å²) in [6.45, 7) is 4.32. The van der Waals surface area contributed by atoms with Crippen LogP contribution in [0.25, 0.3) is 51.1 Å². The predicted octanol–water partition coefficient (Wildman–Crippen LogP) is 15.1. The van der Waals surface area contributed by atoms with E-state index in [9.17, 15) is 0 Å². The minimum atomic E-state index is 1.15. The van der Waals surface area contributed by atoms with Crippen molar-refractivity contribution in [1.29, 1.82) is 0 Å². The van der Waals surface area contributed by atoms with Gasteiger partial charge in [-0.05, 0) is 115 Å². The number of thiophene rings is 2. The zero-order valence-electron chi connectivity index (χ0n) is 28.9. The van der Waals surface area contributed by atoms with E-state index in [1.165, 1.54) is 62.2 Å². The summed E-state index contributed by atoms with van der Waals surface area (Å²) in [7, 11) is 0. The van der Waals surface area contributed by atoms with Crippen LogP contribution in [0, 0.1) is 13.8 Å². The highest BCUT2D eigenvalue weighted by atomic mass is 32.1. The van der Waals surface area contributed by atoms with Gasteiger partial charge in [-0.15, -0.1) is 22.7 Å². The van der Waals surface area contributed by atoms with Crippen LogP contribution in [0.4, 0.5) is 34.1 Å². The number of hydrogen-bond donors (Lipinski definition) is 0. The fourth-order valence-corrected chi connectivity index (χ4v) is 10.1. The summed E-state index contributed by atoms with van der Waals surface area (Å²) in [5.74, 6) is 0. The second-order valence-electron chi connectivity index (χ2n) is 13.6. The highest BCUT2D eigenvalue weighted by molar-refractivity contribution is 7.27. The van der Waals surface area contributed by atoms with E-state index in [2.05, 4.69) is 194 Å². The molecule has 8 aromatic carbocycles. The van der Waals surface area contributed by atoms with Crippen molar-refractivity contribution >= 4 is 108 Å². The van der Waals surface area contributed by atoms with Gasteiger partial charge in [0.2, 0.25) is 0 Å². The SMILES string of the molecule is Cc1cccc(N(c2ccccc2)c2ccc3c(c2)sc2ccc4ccc5sc6cc(N(c7ccccc7)c7cccc(C)c7)ccc6c5c4c23)c1. The third kappa shape index (κ3) is 5.14. The first kappa shape index (κ1) is 30.8. The van der Waals surface area contributed by atoms with Gasteiger partial charge >= 0.3 is 0 Å². The number of rotatable bonds is 6. The van der Waals surface area contributed by atoms with Crippen molar-refractivity contribution in [3.8, 4) is 0 Å². The average Bonchev–Trinajstić information content (AvgIpc) is 3.74. The Balaban J connectivity index is 1.16. The topological polar surface area (TPSA) is 6.48 Å². The second kappa shape index (κ2) is 12.4. The van der Waals surface area contributed by atoms with E-state index in [4.69, 9.17) is 0 Å². The van der Waals surface area contributed by atoms with Crippen LogP contribution in [0.15, 0.2) is 170 Å². The van der Waals surface area contributed by atoms with Gasteiger partial charge in [0, 0.05) is 79.9 Å². The van der Waals surface area contributed by atoms with Crippen LogP contribution in [-0.4, -0.2) is 0 Å². The third-order valence-corrected chi connectivity index (χ3v) is 12.3. The lowest BCUT2D eigenvalue weighted by Gasteiger charge is -2.25. The Morgan fingerprint density at radius 2 is 0.750 bits per heavy atom. The van der Waals surface area contributed by atoms with Crippen LogP contribution in [0.3, 0.4) is 0 Å². The number of hydrogen-bond acceptors (Lipinski definition) is 4. The fraction of sp³-hybridized carbons (Fsp3) is 0.0417. The Kier molecular flexibility index (Phi) is 7.34. The summed E-state index contributed by atoms with van der Waals surface area (Å²) >= 11 is 3.78. The normalized spacial score (nSPS) is 11.7. The number of anilines is 6. The fourth-order valence-electron chi connectivity index (χ4n) is 7.79. The lowest BCUT2D eigenvalue weighted by atomic mass is 9.98. The van der Waals surface area contributed by atoms with Gasteiger partial charge in [-0.3, -0.25) is 0 Å². The number of benzene rings is 8. The molecule has 0 aliphatic rings. The van der Waals surface area contributed by atoms with Crippen LogP contribution in [-0.2, 0) is 0 Å². The van der Waals surface area contributed by atoms with Crippen LogP contribution in [0.2, 0.25) is 0 Å². The Bertz CT molecular complexity index is 2740. The Morgan fingerprint density at radius 3 is 1.19 bits per heavy atom. The molecule has 0 spiro atoms. The second-order valence-corrected chi connectivity index (χ2v) is 15.7. The molecule has 0 saturated heterocycles. The van der Waals surface area contributed by atoms with Gasteiger partial charge in [0.25, 0.3) is 0 Å². The van der Waals surface area contributed by atoms with Gasteiger partial charge in [-0.25, -0.2) is 0 Å². The van der Waals surface area contributed by atoms with Gasteiger partial charge in [0.1, 0.15) is 0 Å². The van der Waals surface area contributed by atoms with Crippen molar-refractivity contribution in [3.63, 3.8) is 0 Å². The molecular weight excluding hydrogens is 669 g/mol. The molecule has 0 fully saturated rings. The first-order chi connectivity index (χ1) is 25.6. The molecule has 2 heterocycles. The van der Waals surface area contributed by atoms with Crippen molar-refractivity contribution < 1.29 is 0 Å². The van der Waals surface area contributed by atoms with E-state index < -0.39 is 0 Å². The molecule has 2 aromatic heterocycles. The van der Waals surface area contributed by atoms with E-state index in [-0.39, 0.29) is 0 Å². The van der Waals surface area contributed by atoms with Crippen LogP contribution in [0.5, 0.6) is 0 Å². The summed E-state index contributed by atoms with van der Waals surface area (Å²) in [6.07, 6.45) is 0. The molecule has 0 aliphatic carbocycles. The average molecular weight is 703 g/mol. The van der Waals surface area contributed by atoms with E-state index in [1.807, 2.05) is 22.7 Å². The molecule has 0 aliphatic heterocycles. The molecule has 0 atom stereocenters. The molecule has 4 heteroatoms. The van der Waals surface area contributed by atoms with Gasteiger partial charge < -0.3 is 9.80 Å². The summed E-state index contributed by atoms with van der Waals surface area (Å²) < 4.78 is 5.23. The highest BCUT2D eigenvalue weighted by Gasteiger charge is 2.19. The molecule has 2 nitrogen and oxygen atoms in total. The van der Waals surface area contributed by atoms with Crippen molar-refractivity contribution in [3.05, 3.63) is 181 Å². The number of para-hydroxylation sites is 2. The number of fused-ring (bicyclic) bond motifs is 9. The molecule has 52 heavy (non-hydrogen) atoms. The van der Waals surface area contributed by atoms with Crippen LogP contribution in [0.1, 0.15) is 11.1 Å². The Morgan fingerprint density at radius 1 is 0.327 bits per heavy atom. The maximum absolute atomic E-state index is 2.38. The monoisotopic (exact) mass is 702 g/mol. The molecule has 248 valence electrons. The van der Waals surface area contributed by atoms with E-state index in [0.717, 1.165) is 34.1 Å².